The Morgan fingerprint density at radius 3 is 2.45 bits per heavy atom. The molecule has 0 aliphatic heterocycles. The Hall–Kier alpha value is -0.340. The lowest BCUT2D eigenvalue weighted by atomic mass is 10.1. The van der Waals surface area contributed by atoms with Crippen LogP contribution in [0, 0.1) is 0 Å². The second-order valence-corrected chi connectivity index (χ2v) is 3.52. The van der Waals surface area contributed by atoms with Crippen molar-refractivity contribution in [3.63, 3.8) is 0 Å². The van der Waals surface area contributed by atoms with Crippen molar-refractivity contribution >= 4 is 22.5 Å². The van der Waals surface area contributed by atoms with E-state index in [-0.39, 0.29) is 0 Å². The van der Waals surface area contributed by atoms with Crippen LogP contribution in [-0.4, -0.2) is 0 Å². The number of rotatable bonds is 3. The van der Waals surface area contributed by atoms with E-state index in [0.717, 1.165) is 0 Å². The topological polar surface area (TPSA) is 0 Å². The smallest absolute Gasteiger partial charge is 0.0576 e. The zero-order valence-corrected chi connectivity index (χ0v) is 7.81. The van der Waals surface area contributed by atoms with E-state index in [4.69, 9.17) is 0 Å². The predicted octanol–water partition coefficient (Wildman–Crippen LogP) is 3.49. The summed E-state index contributed by atoms with van der Waals surface area (Å²) in [5.41, 5.74) is 1.25. The van der Waals surface area contributed by atoms with Gasteiger partial charge >= 0.3 is 0 Å². The highest BCUT2D eigenvalue weighted by Crippen LogP contribution is 2.31. The van der Waals surface area contributed by atoms with Gasteiger partial charge in [-0.05, 0) is 5.56 Å². The molecule has 0 nitrogen and oxygen atoms in total. The maximum absolute atomic E-state index is 4.15. The van der Waals surface area contributed by atoms with Crippen molar-refractivity contribution in [1.82, 2.24) is 0 Å². The van der Waals surface area contributed by atoms with E-state index in [1.54, 1.807) is 0 Å². The molecule has 0 saturated carbocycles. The largest absolute Gasteiger partial charge is 0.110 e. The Labute approximate surface area is 76.5 Å². The van der Waals surface area contributed by atoms with Crippen molar-refractivity contribution < 1.29 is 0 Å². The first kappa shape index (κ1) is 8.75. The van der Waals surface area contributed by atoms with Gasteiger partial charge in [0.05, 0.1) is 5.25 Å². The quantitative estimate of drug-likeness (QED) is 0.424. The van der Waals surface area contributed by atoms with Gasteiger partial charge in [0.1, 0.15) is 0 Å². The highest BCUT2D eigenvalue weighted by atomic mass is 33.1. The second kappa shape index (κ2) is 4.52. The molecule has 1 aromatic rings. The van der Waals surface area contributed by atoms with Crippen molar-refractivity contribution in [2.24, 2.45) is 0 Å². The molecule has 0 aliphatic carbocycles. The molecular weight excluding hydrogens is 172 g/mol. The van der Waals surface area contributed by atoms with Gasteiger partial charge in [-0.15, -0.1) is 18.2 Å². The van der Waals surface area contributed by atoms with Crippen molar-refractivity contribution in [1.29, 1.82) is 0 Å². The molecule has 0 bridgehead atoms. The predicted molar refractivity (Wildman–Crippen MR) is 56.0 cm³/mol. The number of hydrogen-bond acceptors (Lipinski definition) is 2. The van der Waals surface area contributed by atoms with Crippen LogP contribution >= 0.6 is 22.5 Å². The lowest BCUT2D eigenvalue weighted by Gasteiger charge is -2.06. The molecule has 1 atom stereocenters. The lowest BCUT2D eigenvalue weighted by molar-refractivity contribution is 1.25. The van der Waals surface area contributed by atoms with Gasteiger partial charge in [0, 0.05) is 0 Å². The summed E-state index contributed by atoms with van der Waals surface area (Å²) in [4.78, 5) is 0. The fourth-order valence-electron chi connectivity index (χ4n) is 0.883. The molecule has 0 aliphatic rings. The third kappa shape index (κ3) is 2.31. The lowest BCUT2D eigenvalue weighted by Crippen LogP contribution is -1.84. The Morgan fingerprint density at radius 1 is 1.36 bits per heavy atom. The first-order chi connectivity index (χ1) is 5.38. The van der Waals surface area contributed by atoms with Crippen molar-refractivity contribution in [2.45, 2.75) is 5.25 Å². The van der Waals surface area contributed by atoms with Crippen LogP contribution < -0.4 is 0 Å². The molecule has 58 valence electrons. The van der Waals surface area contributed by atoms with E-state index in [2.05, 4.69) is 30.4 Å². The summed E-state index contributed by atoms with van der Waals surface area (Å²) < 4.78 is 0. The van der Waals surface area contributed by atoms with Crippen LogP contribution in [0.5, 0.6) is 0 Å². The van der Waals surface area contributed by atoms with Crippen molar-refractivity contribution in [3.05, 3.63) is 48.6 Å². The summed E-state index contributed by atoms with van der Waals surface area (Å²) in [6.07, 6.45) is 1.90. The molecule has 1 aromatic carbocycles. The summed E-state index contributed by atoms with van der Waals surface area (Å²) in [6, 6.07) is 10.2. The normalized spacial score (nSPS) is 12.5. The van der Waals surface area contributed by atoms with Gasteiger partial charge in [-0.1, -0.05) is 47.2 Å². The molecule has 0 radical (unpaired) electrons. The van der Waals surface area contributed by atoms with Crippen molar-refractivity contribution in [2.75, 3.05) is 0 Å². The average molecular weight is 182 g/mol. The molecule has 0 aromatic heterocycles. The summed E-state index contributed by atoms with van der Waals surface area (Å²) in [6.45, 7) is 3.74. The fraction of sp³-hybridized carbons (Fsp3) is 0.111. The zero-order valence-electron chi connectivity index (χ0n) is 6.10. The van der Waals surface area contributed by atoms with Crippen LogP contribution in [0.3, 0.4) is 0 Å². The van der Waals surface area contributed by atoms with Crippen LogP contribution in [0.1, 0.15) is 10.8 Å². The molecule has 1 rings (SSSR count). The first-order valence-corrected chi connectivity index (χ1v) is 5.29. The third-order valence-corrected chi connectivity index (χ3v) is 2.83. The van der Waals surface area contributed by atoms with Crippen LogP contribution in [0.2, 0.25) is 0 Å². The van der Waals surface area contributed by atoms with E-state index in [1.807, 2.05) is 24.3 Å². The van der Waals surface area contributed by atoms with Gasteiger partial charge < -0.3 is 0 Å². The van der Waals surface area contributed by atoms with Gasteiger partial charge in [-0.25, -0.2) is 0 Å². The minimum absolute atomic E-state index is 0.305. The minimum Gasteiger partial charge on any atom is -0.110 e. The number of hydrogen-bond donors (Lipinski definition) is 1. The average Bonchev–Trinajstić information content (AvgIpc) is 2.09. The standard InChI is InChI=1S/C9H10S2/c1-2-9(11-10)8-6-4-3-5-7-8/h2-7,9-10H,1H2. The Kier molecular flexibility index (Phi) is 3.60. The summed E-state index contributed by atoms with van der Waals surface area (Å²) >= 11 is 4.15. The van der Waals surface area contributed by atoms with Gasteiger partial charge in [0.2, 0.25) is 0 Å². The molecule has 0 spiro atoms. The zero-order chi connectivity index (χ0) is 8.10. The third-order valence-electron chi connectivity index (χ3n) is 1.46. The number of benzene rings is 1. The maximum atomic E-state index is 4.15. The van der Waals surface area contributed by atoms with Crippen LogP contribution in [0.25, 0.3) is 0 Å². The summed E-state index contributed by atoms with van der Waals surface area (Å²) in [7, 11) is 1.50. The Bertz CT molecular complexity index is 218. The van der Waals surface area contributed by atoms with Gasteiger partial charge in [0.25, 0.3) is 0 Å². The number of thiol groups is 1. The molecule has 0 saturated heterocycles. The fourth-order valence-corrected chi connectivity index (χ4v) is 1.87. The molecule has 2 heteroatoms. The minimum atomic E-state index is 0.305. The molecule has 1 unspecified atom stereocenters. The summed E-state index contributed by atoms with van der Waals surface area (Å²) in [5, 5.41) is 0.305. The van der Waals surface area contributed by atoms with Crippen LogP contribution in [0.15, 0.2) is 43.0 Å². The van der Waals surface area contributed by atoms with E-state index in [1.165, 1.54) is 16.4 Å². The highest BCUT2D eigenvalue weighted by Gasteiger charge is 2.03. The van der Waals surface area contributed by atoms with E-state index in [9.17, 15) is 0 Å². The molecule has 0 amide bonds. The van der Waals surface area contributed by atoms with E-state index in [0.29, 0.717) is 5.25 Å². The van der Waals surface area contributed by atoms with E-state index >= 15 is 0 Å². The molecule has 0 N–H and O–H groups in total. The van der Waals surface area contributed by atoms with E-state index < -0.39 is 0 Å². The SMILES string of the molecule is C=CC(SS)c1ccccc1. The van der Waals surface area contributed by atoms with Crippen LogP contribution in [-0.2, 0) is 0 Å². The van der Waals surface area contributed by atoms with Gasteiger partial charge in [-0.3, -0.25) is 0 Å². The molecule has 0 fully saturated rings. The molecule has 11 heavy (non-hydrogen) atoms. The van der Waals surface area contributed by atoms with Crippen molar-refractivity contribution in [3.8, 4) is 0 Å². The Balaban J connectivity index is 2.82. The van der Waals surface area contributed by atoms with Crippen LogP contribution in [0.4, 0.5) is 0 Å². The monoisotopic (exact) mass is 182 g/mol. The highest BCUT2D eigenvalue weighted by molar-refractivity contribution is 8.68. The summed E-state index contributed by atoms with van der Waals surface area (Å²) in [5.74, 6) is 0. The van der Waals surface area contributed by atoms with Gasteiger partial charge in [-0.2, -0.15) is 0 Å². The maximum Gasteiger partial charge on any atom is 0.0576 e. The first-order valence-electron chi connectivity index (χ1n) is 3.36. The van der Waals surface area contributed by atoms with Gasteiger partial charge in [0.15, 0.2) is 0 Å². The second-order valence-electron chi connectivity index (χ2n) is 2.17. The molecule has 0 heterocycles. The molecular formula is C9H10S2. The Morgan fingerprint density at radius 2 is 2.00 bits per heavy atom.